The van der Waals surface area contributed by atoms with Gasteiger partial charge in [0.25, 0.3) is 0 Å². The van der Waals surface area contributed by atoms with Crippen LogP contribution in [0, 0.1) is 5.92 Å². The molecule has 2 nitrogen and oxygen atoms in total. The third-order valence-corrected chi connectivity index (χ3v) is 2.75. The lowest BCUT2D eigenvalue weighted by Crippen LogP contribution is -2.29. The standard InChI is InChI=1S/C11H23NO/c1-4-11-6-5-8-12(11)13-9-7-10(2)3/h10-11H,4-9H2,1-3H3. The Kier molecular flexibility index (Phi) is 4.74. The van der Waals surface area contributed by atoms with Gasteiger partial charge in [-0.3, -0.25) is 4.84 Å². The van der Waals surface area contributed by atoms with E-state index in [0.717, 1.165) is 19.1 Å². The van der Waals surface area contributed by atoms with Crippen molar-refractivity contribution in [1.82, 2.24) is 5.06 Å². The zero-order chi connectivity index (χ0) is 9.68. The Bertz CT molecular complexity index is 136. The first kappa shape index (κ1) is 11.0. The van der Waals surface area contributed by atoms with Crippen molar-refractivity contribution in [2.75, 3.05) is 13.2 Å². The molecule has 0 radical (unpaired) electrons. The molecule has 1 heterocycles. The molecule has 0 aromatic carbocycles. The lowest BCUT2D eigenvalue weighted by Gasteiger charge is -2.22. The summed E-state index contributed by atoms with van der Waals surface area (Å²) in [5, 5.41) is 2.20. The average molecular weight is 185 g/mol. The Morgan fingerprint density at radius 3 is 2.85 bits per heavy atom. The summed E-state index contributed by atoms with van der Waals surface area (Å²) >= 11 is 0. The fourth-order valence-electron chi connectivity index (χ4n) is 1.79. The van der Waals surface area contributed by atoms with Crippen molar-refractivity contribution in [1.29, 1.82) is 0 Å². The molecule has 1 saturated heterocycles. The van der Waals surface area contributed by atoms with Crippen LogP contribution in [-0.2, 0) is 4.84 Å². The smallest absolute Gasteiger partial charge is 0.0687 e. The SMILES string of the molecule is CCC1CCCN1OCCC(C)C. The van der Waals surface area contributed by atoms with Gasteiger partial charge in [-0.05, 0) is 31.6 Å². The van der Waals surface area contributed by atoms with Gasteiger partial charge in [-0.1, -0.05) is 20.8 Å². The van der Waals surface area contributed by atoms with Crippen molar-refractivity contribution in [3.8, 4) is 0 Å². The van der Waals surface area contributed by atoms with Gasteiger partial charge in [-0.2, -0.15) is 5.06 Å². The fraction of sp³-hybridized carbons (Fsp3) is 1.00. The lowest BCUT2D eigenvalue weighted by atomic mass is 10.1. The van der Waals surface area contributed by atoms with E-state index in [-0.39, 0.29) is 0 Å². The normalized spacial score (nSPS) is 24.5. The van der Waals surface area contributed by atoms with E-state index in [1.807, 2.05) is 0 Å². The molecule has 78 valence electrons. The van der Waals surface area contributed by atoms with Crippen molar-refractivity contribution in [3.63, 3.8) is 0 Å². The number of hydrogen-bond donors (Lipinski definition) is 0. The molecule has 0 N–H and O–H groups in total. The second-order valence-corrected chi connectivity index (χ2v) is 4.36. The van der Waals surface area contributed by atoms with Gasteiger partial charge in [-0.15, -0.1) is 0 Å². The Morgan fingerprint density at radius 2 is 2.23 bits per heavy atom. The molecule has 0 amide bonds. The van der Waals surface area contributed by atoms with E-state index in [9.17, 15) is 0 Å². The highest BCUT2D eigenvalue weighted by Gasteiger charge is 2.23. The van der Waals surface area contributed by atoms with Gasteiger partial charge in [0.2, 0.25) is 0 Å². The van der Waals surface area contributed by atoms with Crippen LogP contribution in [0.2, 0.25) is 0 Å². The van der Waals surface area contributed by atoms with Crippen LogP contribution in [0.5, 0.6) is 0 Å². The molecule has 1 aliphatic rings. The number of nitrogens with zero attached hydrogens (tertiary/aromatic N) is 1. The molecule has 13 heavy (non-hydrogen) atoms. The van der Waals surface area contributed by atoms with Crippen molar-refractivity contribution in [3.05, 3.63) is 0 Å². The molecule has 0 saturated carbocycles. The molecular formula is C11H23NO. The molecule has 0 spiro atoms. The first-order valence-electron chi connectivity index (χ1n) is 5.63. The molecule has 0 bridgehead atoms. The van der Waals surface area contributed by atoms with Gasteiger partial charge in [0.05, 0.1) is 6.61 Å². The molecular weight excluding hydrogens is 162 g/mol. The van der Waals surface area contributed by atoms with E-state index in [1.54, 1.807) is 0 Å². The van der Waals surface area contributed by atoms with Crippen molar-refractivity contribution >= 4 is 0 Å². The predicted molar refractivity (Wildman–Crippen MR) is 55.4 cm³/mol. The first-order chi connectivity index (χ1) is 6.24. The van der Waals surface area contributed by atoms with Crippen LogP contribution in [0.1, 0.15) is 46.5 Å². The molecule has 1 aliphatic heterocycles. The topological polar surface area (TPSA) is 12.5 Å². The van der Waals surface area contributed by atoms with Crippen LogP contribution in [0.3, 0.4) is 0 Å². The zero-order valence-corrected chi connectivity index (χ0v) is 9.25. The average Bonchev–Trinajstić information content (AvgIpc) is 2.51. The lowest BCUT2D eigenvalue weighted by molar-refractivity contribution is -0.171. The Balaban J connectivity index is 2.13. The second-order valence-electron chi connectivity index (χ2n) is 4.36. The van der Waals surface area contributed by atoms with Gasteiger partial charge in [0, 0.05) is 12.6 Å². The third-order valence-electron chi connectivity index (χ3n) is 2.75. The van der Waals surface area contributed by atoms with Crippen molar-refractivity contribution in [2.45, 2.75) is 52.5 Å². The van der Waals surface area contributed by atoms with Gasteiger partial charge in [-0.25, -0.2) is 0 Å². The highest BCUT2D eigenvalue weighted by atomic mass is 16.7. The van der Waals surface area contributed by atoms with Crippen LogP contribution >= 0.6 is 0 Å². The second kappa shape index (κ2) is 5.61. The summed E-state index contributed by atoms with van der Waals surface area (Å²) in [6.45, 7) is 8.76. The maximum absolute atomic E-state index is 5.75. The summed E-state index contributed by atoms with van der Waals surface area (Å²) in [6, 6.07) is 0.687. The summed E-state index contributed by atoms with van der Waals surface area (Å²) in [7, 11) is 0. The summed E-state index contributed by atoms with van der Waals surface area (Å²) in [4.78, 5) is 5.75. The number of hydroxylamine groups is 2. The van der Waals surface area contributed by atoms with Crippen LogP contribution in [-0.4, -0.2) is 24.3 Å². The predicted octanol–water partition coefficient (Wildman–Crippen LogP) is 2.84. The summed E-state index contributed by atoms with van der Waals surface area (Å²) < 4.78 is 0. The van der Waals surface area contributed by atoms with E-state index in [4.69, 9.17) is 4.84 Å². The Morgan fingerprint density at radius 1 is 1.46 bits per heavy atom. The zero-order valence-electron chi connectivity index (χ0n) is 9.25. The third kappa shape index (κ3) is 3.65. The van der Waals surface area contributed by atoms with E-state index < -0.39 is 0 Å². The van der Waals surface area contributed by atoms with Crippen molar-refractivity contribution < 1.29 is 4.84 Å². The van der Waals surface area contributed by atoms with Gasteiger partial charge < -0.3 is 0 Å². The van der Waals surface area contributed by atoms with E-state index in [2.05, 4.69) is 25.8 Å². The quantitative estimate of drug-likeness (QED) is 0.653. The number of hydrogen-bond acceptors (Lipinski definition) is 2. The maximum atomic E-state index is 5.75. The minimum Gasteiger partial charge on any atom is -0.299 e. The van der Waals surface area contributed by atoms with Crippen LogP contribution in [0.15, 0.2) is 0 Å². The molecule has 1 unspecified atom stereocenters. The maximum Gasteiger partial charge on any atom is 0.0687 e. The van der Waals surface area contributed by atoms with Crippen LogP contribution < -0.4 is 0 Å². The largest absolute Gasteiger partial charge is 0.299 e. The van der Waals surface area contributed by atoms with Gasteiger partial charge >= 0.3 is 0 Å². The molecule has 2 heteroatoms. The summed E-state index contributed by atoms with van der Waals surface area (Å²) in [6.07, 6.45) is 5.02. The first-order valence-corrected chi connectivity index (χ1v) is 5.63. The van der Waals surface area contributed by atoms with Gasteiger partial charge in [0.15, 0.2) is 0 Å². The molecule has 1 atom stereocenters. The van der Waals surface area contributed by atoms with E-state index in [1.165, 1.54) is 25.7 Å². The summed E-state index contributed by atoms with van der Waals surface area (Å²) in [5.41, 5.74) is 0. The van der Waals surface area contributed by atoms with E-state index in [0.29, 0.717) is 6.04 Å². The van der Waals surface area contributed by atoms with Crippen LogP contribution in [0.25, 0.3) is 0 Å². The highest BCUT2D eigenvalue weighted by molar-refractivity contribution is 4.71. The Labute approximate surface area is 82.2 Å². The molecule has 0 aliphatic carbocycles. The number of rotatable bonds is 5. The fourth-order valence-corrected chi connectivity index (χ4v) is 1.79. The molecule has 1 fully saturated rings. The molecule has 0 aromatic rings. The minimum atomic E-state index is 0.687. The van der Waals surface area contributed by atoms with Crippen LogP contribution in [0.4, 0.5) is 0 Å². The minimum absolute atomic E-state index is 0.687. The molecule has 0 aromatic heterocycles. The Hall–Kier alpha value is -0.0800. The highest BCUT2D eigenvalue weighted by Crippen LogP contribution is 2.20. The monoisotopic (exact) mass is 185 g/mol. The van der Waals surface area contributed by atoms with E-state index >= 15 is 0 Å². The molecule has 1 rings (SSSR count). The summed E-state index contributed by atoms with van der Waals surface area (Å²) in [5.74, 6) is 0.752. The van der Waals surface area contributed by atoms with Gasteiger partial charge in [0.1, 0.15) is 0 Å². The van der Waals surface area contributed by atoms with Crippen molar-refractivity contribution in [2.24, 2.45) is 5.92 Å².